The van der Waals surface area contributed by atoms with Crippen molar-refractivity contribution >= 4 is 5.95 Å². The van der Waals surface area contributed by atoms with Gasteiger partial charge in [-0.25, -0.2) is 4.98 Å². The Morgan fingerprint density at radius 3 is 2.93 bits per heavy atom. The van der Waals surface area contributed by atoms with E-state index in [4.69, 9.17) is 4.74 Å². The summed E-state index contributed by atoms with van der Waals surface area (Å²) in [7, 11) is 0. The van der Waals surface area contributed by atoms with E-state index in [9.17, 15) is 0 Å². The van der Waals surface area contributed by atoms with Gasteiger partial charge in [0.25, 0.3) is 0 Å². The van der Waals surface area contributed by atoms with Gasteiger partial charge >= 0.3 is 0 Å². The second-order valence-corrected chi connectivity index (χ2v) is 4.02. The van der Waals surface area contributed by atoms with Crippen molar-refractivity contribution in [2.75, 3.05) is 18.5 Å². The third-order valence-corrected chi connectivity index (χ3v) is 2.79. The SMILES string of the molecule is CCn1cc(C)nc1NC1CCOCC1. The third kappa shape index (κ3) is 2.50. The molecule has 0 bridgehead atoms. The van der Waals surface area contributed by atoms with Crippen LogP contribution in [-0.4, -0.2) is 28.8 Å². The van der Waals surface area contributed by atoms with Crippen LogP contribution in [0.4, 0.5) is 5.95 Å². The molecule has 0 aromatic carbocycles. The van der Waals surface area contributed by atoms with Crippen molar-refractivity contribution in [3.8, 4) is 0 Å². The first-order chi connectivity index (χ1) is 7.29. The van der Waals surface area contributed by atoms with E-state index in [0.717, 1.165) is 44.2 Å². The monoisotopic (exact) mass is 209 g/mol. The Bertz CT molecular complexity index is 316. The highest BCUT2D eigenvalue weighted by Crippen LogP contribution is 2.14. The fraction of sp³-hybridized carbons (Fsp3) is 0.727. The lowest BCUT2D eigenvalue weighted by atomic mass is 10.1. The summed E-state index contributed by atoms with van der Waals surface area (Å²) in [6, 6.07) is 0.519. The second-order valence-electron chi connectivity index (χ2n) is 4.02. The molecule has 0 radical (unpaired) electrons. The Kier molecular flexibility index (Phi) is 3.26. The van der Waals surface area contributed by atoms with Gasteiger partial charge in [0.2, 0.25) is 5.95 Å². The van der Waals surface area contributed by atoms with Crippen LogP contribution in [0.5, 0.6) is 0 Å². The zero-order valence-electron chi connectivity index (χ0n) is 9.49. The Hall–Kier alpha value is -1.03. The van der Waals surface area contributed by atoms with E-state index < -0.39 is 0 Å². The zero-order chi connectivity index (χ0) is 10.7. The molecule has 0 unspecified atom stereocenters. The van der Waals surface area contributed by atoms with Gasteiger partial charge in [-0.15, -0.1) is 0 Å². The summed E-state index contributed by atoms with van der Waals surface area (Å²) >= 11 is 0. The topological polar surface area (TPSA) is 39.1 Å². The van der Waals surface area contributed by atoms with Crippen LogP contribution in [0.1, 0.15) is 25.5 Å². The predicted octanol–water partition coefficient (Wildman–Crippen LogP) is 1.80. The maximum Gasteiger partial charge on any atom is 0.203 e. The quantitative estimate of drug-likeness (QED) is 0.825. The highest BCUT2D eigenvalue weighted by atomic mass is 16.5. The van der Waals surface area contributed by atoms with Gasteiger partial charge in [-0.2, -0.15) is 0 Å². The number of anilines is 1. The Labute approximate surface area is 90.6 Å². The number of aromatic nitrogens is 2. The number of nitrogens with zero attached hydrogens (tertiary/aromatic N) is 2. The lowest BCUT2D eigenvalue weighted by Crippen LogP contribution is -2.29. The van der Waals surface area contributed by atoms with Crippen LogP contribution >= 0.6 is 0 Å². The minimum atomic E-state index is 0.519. The molecule has 1 aromatic rings. The van der Waals surface area contributed by atoms with E-state index in [2.05, 4.69) is 28.0 Å². The molecule has 1 aliphatic rings. The summed E-state index contributed by atoms with van der Waals surface area (Å²) in [5, 5.41) is 3.49. The van der Waals surface area contributed by atoms with Crippen LogP contribution in [-0.2, 0) is 11.3 Å². The van der Waals surface area contributed by atoms with E-state index in [0.29, 0.717) is 6.04 Å². The molecular weight excluding hydrogens is 190 g/mol. The molecule has 2 heterocycles. The number of imidazole rings is 1. The molecule has 2 rings (SSSR count). The van der Waals surface area contributed by atoms with Gasteiger partial charge in [0, 0.05) is 32.0 Å². The third-order valence-electron chi connectivity index (χ3n) is 2.79. The fourth-order valence-corrected chi connectivity index (χ4v) is 1.93. The minimum Gasteiger partial charge on any atom is -0.381 e. The van der Waals surface area contributed by atoms with Crippen LogP contribution in [0, 0.1) is 6.92 Å². The van der Waals surface area contributed by atoms with E-state index in [1.54, 1.807) is 0 Å². The molecule has 84 valence electrons. The summed E-state index contributed by atoms with van der Waals surface area (Å²) in [6.45, 7) is 6.86. The Morgan fingerprint density at radius 2 is 2.27 bits per heavy atom. The summed E-state index contributed by atoms with van der Waals surface area (Å²) in [5.74, 6) is 1.00. The van der Waals surface area contributed by atoms with Crippen LogP contribution in [0.3, 0.4) is 0 Å². The number of aryl methyl sites for hydroxylation is 2. The van der Waals surface area contributed by atoms with E-state index in [-0.39, 0.29) is 0 Å². The molecule has 1 N–H and O–H groups in total. The molecule has 0 aliphatic carbocycles. The van der Waals surface area contributed by atoms with Gasteiger partial charge in [-0.3, -0.25) is 0 Å². The number of hydrogen-bond acceptors (Lipinski definition) is 3. The molecular formula is C11H19N3O. The highest BCUT2D eigenvalue weighted by Gasteiger charge is 2.15. The first-order valence-corrected chi connectivity index (χ1v) is 5.67. The van der Waals surface area contributed by atoms with E-state index >= 15 is 0 Å². The van der Waals surface area contributed by atoms with Gasteiger partial charge < -0.3 is 14.6 Å². The molecule has 1 fully saturated rings. The summed E-state index contributed by atoms with van der Waals surface area (Å²) in [6.07, 6.45) is 4.24. The predicted molar refractivity (Wildman–Crippen MR) is 60.1 cm³/mol. The zero-order valence-corrected chi connectivity index (χ0v) is 9.49. The molecule has 0 amide bonds. The average Bonchev–Trinajstić information content (AvgIpc) is 2.60. The Balaban J connectivity index is 2.02. The molecule has 0 spiro atoms. The lowest BCUT2D eigenvalue weighted by Gasteiger charge is -2.23. The van der Waals surface area contributed by atoms with Crippen LogP contribution in [0.15, 0.2) is 6.20 Å². The average molecular weight is 209 g/mol. The van der Waals surface area contributed by atoms with Crippen molar-refractivity contribution in [1.29, 1.82) is 0 Å². The standard InChI is InChI=1S/C11H19N3O/c1-3-14-8-9(2)12-11(14)13-10-4-6-15-7-5-10/h8,10H,3-7H2,1-2H3,(H,12,13). The molecule has 0 saturated carbocycles. The molecule has 1 aliphatic heterocycles. The van der Waals surface area contributed by atoms with Crippen molar-refractivity contribution in [2.24, 2.45) is 0 Å². The largest absolute Gasteiger partial charge is 0.381 e. The van der Waals surface area contributed by atoms with Crippen LogP contribution in [0.25, 0.3) is 0 Å². The van der Waals surface area contributed by atoms with Crippen molar-refractivity contribution in [2.45, 2.75) is 39.3 Å². The fourth-order valence-electron chi connectivity index (χ4n) is 1.93. The van der Waals surface area contributed by atoms with Crippen molar-refractivity contribution < 1.29 is 4.74 Å². The van der Waals surface area contributed by atoms with Gasteiger partial charge in [0.05, 0.1) is 5.69 Å². The minimum absolute atomic E-state index is 0.519. The molecule has 1 aromatic heterocycles. The normalized spacial score (nSPS) is 18.0. The summed E-state index contributed by atoms with van der Waals surface area (Å²) in [4.78, 5) is 4.49. The lowest BCUT2D eigenvalue weighted by molar-refractivity contribution is 0.0902. The summed E-state index contributed by atoms with van der Waals surface area (Å²) in [5.41, 5.74) is 1.08. The van der Waals surface area contributed by atoms with E-state index in [1.165, 1.54) is 0 Å². The van der Waals surface area contributed by atoms with Gasteiger partial charge in [-0.1, -0.05) is 0 Å². The van der Waals surface area contributed by atoms with Crippen LogP contribution in [0.2, 0.25) is 0 Å². The van der Waals surface area contributed by atoms with E-state index in [1.807, 2.05) is 6.92 Å². The molecule has 0 atom stereocenters. The van der Waals surface area contributed by atoms with Gasteiger partial charge in [-0.05, 0) is 26.7 Å². The number of ether oxygens (including phenoxy) is 1. The maximum atomic E-state index is 5.33. The first-order valence-electron chi connectivity index (χ1n) is 5.67. The maximum absolute atomic E-state index is 5.33. The number of nitrogens with one attached hydrogen (secondary N) is 1. The smallest absolute Gasteiger partial charge is 0.203 e. The molecule has 4 nitrogen and oxygen atoms in total. The molecule has 15 heavy (non-hydrogen) atoms. The second kappa shape index (κ2) is 4.66. The number of rotatable bonds is 3. The molecule has 1 saturated heterocycles. The number of hydrogen-bond donors (Lipinski definition) is 1. The van der Waals surface area contributed by atoms with Crippen molar-refractivity contribution in [3.63, 3.8) is 0 Å². The van der Waals surface area contributed by atoms with Gasteiger partial charge in [0.1, 0.15) is 0 Å². The van der Waals surface area contributed by atoms with Crippen molar-refractivity contribution in [1.82, 2.24) is 9.55 Å². The molecule has 4 heteroatoms. The van der Waals surface area contributed by atoms with Crippen LogP contribution < -0.4 is 5.32 Å². The summed E-state index contributed by atoms with van der Waals surface area (Å²) < 4.78 is 7.49. The Morgan fingerprint density at radius 1 is 1.53 bits per heavy atom. The highest BCUT2D eigenvalue weighted by molar-refractivity contribution is 5.30. The first kappa shape index (κ1) is 10.5. The van der Waals surface area contributed by atoms with Crippen molar-refractivity contribution in [3.05, 3.63) is 11.9 Å². The van der Waals surface area contributed by atoms with Gasteiger partial charge in [0.15, 0.2) is 0 Å².